The van der Waals surface area contributed by atoms with Crippen LogP contribution in [0, 0.1) is 10.1 Å². The number of rotatable bonds is 11. The van der Waals surface area contributed by atoms with Gasteiger partial charge in [0, 0.05) is 6.54 Å². The Morgan fingerprint density at radius 2 is 1.70 bits per heavy atom. The topological polar surface area (TPSA) is 255 Å². The van der Waals surface area contributed by atoms with Crippen molar-refractivity contribution in [1.82, 2.24) is 10.7 Å². The number of nitrogens with one attached hydrogen (secondary N) is 2. The Balaban J connectivity index is 0. The number of carboxylic acid groups (broad SMARTS) is 1. The first-order valence-corrected chi connectivity index (χ1v) is 8.28. The van der Waals surface area contributed by atoms with Crippen LogP contribution in [0.3, 0.4) is 0 Å². The molecule has 0 aliphatic heterocycles. The highest BCUT2D eigenvalue weighted by molar-refractivity contribution is 5.88. The zero-order valence-corrected chi connectivity index (χ0v) is 15.7. The molecule has 174 valence electrons. The fraction of sp³-hybridized carbons (Fsp3) is 0.692. The van der Waals surface area contributed by atoms with Gasteiger partial charge in [-0.05, 0) is 32.2 Å². The van der Waals surface area contributed by atoms with E-state index < -0.39 is 41.1 Å². The number of carbonyl (C=O) groups excluding carboxylic acids is 2. The quantitative estimate of drug-likeness (QED) is 0.0578. The summed E-state index contributed by atoms with van der Waals surface area (Å²) in [6.07, 6.45) is -3.54. The van der Waals surface area contributed by atoms with Crippen molar-refractivity contribution < 1.29 is 37.7 Å². The fourth-order valence-electron chi connectivity index (χ4n) is 1.66. The number of nitrogens with two attached hydrogens (primary N) is 4. The minimum absolute atomic E-state index is 0.167. The second kappa shape index (κ2) is 14.7. The van der Waals surface area contributed by atoms with E-state index >= 15 is 0 Å². The highest BCUT2D eigenvalue weighted by Gasteiger charge is 2.38. The number of amides is 2. The first-order valence-electron chi connectivity index (χ1n) is 8.28. The lowest BCUT2D eigenvalue weighted by atomic mass is 10.1. The molecule has 0 saturated carbocycles. The first-order chi connectivity index (χ1) is 13.7. The van der Waals surface area contributed by atoms with Crippen molar-refractivity contribution in [2.75, 3.05) is 13.1 Å². The molecule has 0 aromatic rings. The van der Waals surface area contributed by atoms with E-state index in [0.717, 1.165) is 0 Å². The van der Waals surface area contributed by atoms with E-state index in [1.54, 1.807) is 5.43 Å². The van der Waals surface area contributed by atoms with Crippen LogP contribution in [0.4, 0.5) is 13.2 Å². The third-order valence-corrected chi connectivity index (χ3v) is 3.10. The van der Waals surface area contributed by atoms with Gasteiger partial charge in [0.15, 0.2) is 5.03 Å². The molecule has 0 aliphatic carbocycles. The summed E-state index contributed by atoms with van der Waals surface area (Å²) in [4.78, 5) is 45.8. The Hall–Kier alpha value is -3.21. The van der Waals surface area contributed by atoms with Gasteiger partial charge < -0.3 is 33.4 Å². The zero-order valence-electron chi connectivity index (χ0n) is 15.7. The van der Waals surface area contributed by atoms with Gasteiger partial charge in [-0.2, -0.15) is 13.2 Å². The lowest BCUT2D eigenvalue weighted by Gasteiger charge is -2.18. The number of guanidine groups is 1. The number of carboxylic acids is 1. The maximum atomic E-state index is 11.9. The molecular weight excluding hydrogens is 421 g/mol. The Morgan fingerprint density at radius 3 is 2.10 bits per heavy atom. The third-order valence-electron chi connectivity index (χ3n) is 3.10. The van der Waals surface area contributed by atoms with E-state index in [4.69, 9.17) is 32.8 Å². The molecule has 17 heteroatoms. The molecule has 2 atom stereocenters. The summed E-state index contributed by atoms with van der Waals surface area (Å²) in [6, 6.07) is -1.66. The van der Waals surface area contributed by atoms with E-state index in [1.165, 1.54) is 0 Å². The van der Waals surface area contributed by atoms with E-state index in [0.29, 0.717) is 25.8 Å². The van der Waals surface area contributed by atoms with Gasteiger partial charge in [-0.15, -0.1) is 0 Å². The number of halogens is 3. The average molecular weight is 446 g/mol. The molecule has 0 rings (SSSR count). The van der Waals surface area contributed by atoms with Crippen LogP contribution in [0.15, 0.2) is 4.99 Å². The normalized spacial score (nSPS) is 13.3. The van der Waals surface area contributed by atoms with Crippen molar-refractivity contribution in [2.24, 2.45) is 27.9 Å². The Morgan fingerprint density at radius 1 is 1.17 bits per heavy atom. The number of carbonyl (C=O) groups is 3. The van der Waals surface area contributed by atoms with Gasteiger partial charge in [-0.25, -0.2) is 19.9 Å². The minimum atomic E-state index is -5.08. The van der Waals surface area contributed by atoms with Crippen LogP contribution in [0.25, 0.3) is 0 Å². The van der Waals surface area contributed by atoms with Crippen LogP contribution in [-0.4, -0.2) is 65.2 Å². The summed E-state index contributed by atoms with van der Waals surface area (Å²) >= 11 is 0. The largest absolute Gasteiger partial charge is 0.490 e. The van der Waals surface area contributed by atoms with Crippen LogP contribution in [-0.2, 0) is 14.4 Å². The van der Waals surface area contributed by atoms with Crippen molar-refractivity contribution in [2.45, 2.75) is 43.9 Å². The predicted molar refractivity (Wildman–Crippen MR) is 96.9 cm³/mol. The number of hydrazine groups is 1. The lowest BCUT2D eigenvalue weighted by Crippen LogP contribution is -2.50. The maximum Gasteiger partial charge on any atom is 0.490 e. The van der Waals surface area contributed by atoms with Gasteiger partial charge in [0.05, 0.1) is 6.04 Å². The van der Waals surface area contributed by atoms with Crippen LogP contribution in [0.1, 0.15) is 25.7 Å². The summed E-state index contributed by atoms with van der Waals surface area (Å²) < 4.78 is 31.7. The lowest BCUT2D eigenvalue weighted by molar-refractivity contribution is -0.525. The van der Waals surface area contributed by atoms with Crippen molar-refractivity contribution in [3.8, 4) is 0 Å². The van der Waals surface area contributed by atoms with E-state index in [2.05, 4.69) is 10.3 Å². The molecule has 0 aromatic heterocycles. The number of alkyl halides is 3. The average Bonchev–Trinajstić information content (AvgIpc) is 2.60. The predicted octanol–water partition coefficient (Wildman–Crippen LogP) is -2.47. The Bertz CT molecular complexity index is 616. The maximum absolute atomic E-state index is 11.9. The highest BCUT2D eigenvalue weighted by Crippen LogP contribution is 2.13. The molecule has 0 aromatic carbocycles. The molecule has 0 unspecified atom stereocenters. The summed E-state index contributed by atoms with van der Waals surface area (Å²) in [5, 5.41) is 18.9. The molecule has 0 fully saturated rings. The molecular formula is C13H25F3N8O6. The second-order valence-electron chi connectivity index (χ2n) is 5.58. The molecule has 2 amide bonds. The van der Waals surface area contributed by atoms with E-state index in [-0.39, 0.29) is 18.9 Å². The van der Waals surface area contributed by atoms with Crippen LogP contribution in [0.2, 0.25) is 0 Å². The van der Waals surface area contributed by atoms with Crippen molar-refractivity contribution in [3.63, 3.8) is 0 Å². The molecule has 0 aliphatic rings. The second-order valence-corrected chi connectivity index (χ2v) is 5.58. The number of aliphatic carboxylic acids is 1. The summed E-state index contributed by atoms with van der Waals surface area (Å²) in [7, 11) is 0. The molecule has 0 radical (unpaired) electrons. The highest BCUT2D eigenvalue weighted by atomic mass is 19.4. The van der Waals surface area contributed by atoms with Gasteiger partial charge in [0.1, 0.15) is 6.04 Å². The van der Waals surface area contributed by atoms with Crippen molar-refractivity contribution in [3.05, 3.63) is 10.1 Å². The first kappa shape index (κ1) is 29.0. The van der Waals surface area contributed by atoms with Crippen LogP contribution in [0.5, 0.6) is 0 Å². The Labute approximate surface area is 168 Å². The SMILES string of the molecule is NCCC[C@@H](NC(=O)[C@@H](N)CCCN=C(N)N[N+](=O)[O-])C(N)=O.O=C(O)C(F)(F)F. The smallest absolute Gasteiger partial charge is 0.475 e. The molecule has 30 heavy (non-hydrogen) atoms. The third kappa shape index (κ3) is 15.8. The number of nitrogens with zero attached hydrogens (tertiary/aromatic N) is 2. The number of aliphatic imine (C=N–C) groups is 1. The van der Waals surface area contributed by atoms with Crippen LogP contribution >= 0.6 is 0 Å². The fourth-order valence-corrected chi connectivity index (χ4v) is 1.66. The van der Waals surface area contributed by atoms with Crippen molar-refractivity contribution in [1.29, 1.82) is 0 Å². The number of hydrogen-bond donors (Lipinski definition) is 7. The van der Waals surface area contributed by atoms with Gasteiger partial charge in [0.2, 0.25) is 11.8 Å². The molecule has 0 spiro atoms. The molecule has 11 N–H and O–H groups in total. The molecule has 14 nitrogen and oxygen atoms in total. The van der Waals surface area contributed by atoms with E-state index in [1.807, 2.05) is 0 Å². The summed E-state index contributed by atoms with van der Waals surface area (Å²) in [5.74, 6) is -4.25. The van der Waals surface area contributed by atoms with Gasteiger partial charge in [0.25, 0.3) is 5.96 Å². The van der Waals surface area contributed by atoms with Gasteiger partial charge >= 0.3 is 12.1 Å². The standard InChI is InChI=1S/C11H24N8O4.C2HF3O2/c12-5-1-4-8(9(14)20)17-10(21)7(13)3-2-6-16-11(15)18-19(22)23;3-2(4,5)1(6)7/h7-8H,1-6,12-13H2,(H2,14,20)(H,17,21)(H3,15,16,18);(H,6,7)/t7-,8+;/m0./s1. The zero-order chi connectivity index (χ0) is 23.9. The number of hydrogen-bond acceptors (Lipinski definition) is 8. The summed E-state index contributed by atoms with van der Waals surface area (Å²) in [5.41, 5.74) is 23.1. The van der Waals surface area contributed by atoms with Gasteiger partial charge in [-0.1, -0.05) is 5.43 Å². The molecule has 0 saturated heterocycles. The van der Waals surface area contributed by atoms with Gasteiger partial charge in [-0.3, -0.25) is 9.59 Å². The van der Waals surface area contributed by atoms with Crippen LogP contribution < -0.4 is 33.7 Å². The Kier molecular flexibility index (Phi) is 14.2. The van der Waals surface area contributed by atoms with Crippen molar-refractivity contribution >= 4 is 23.7 Å². The van der Waals surface area contributed by atoms with E-state index in [9.17, 15) is 32.9 Å². The minimum Gasteiger partial charge on any atom is -0.475 e. The molecule has 0 heterocycles. The number of primary amides is 1. The number of nitro groups is 1. The monoisotopic (exact) mass is 446 g/mol. The summed E-state index contributed by atoms with van der Waals surface area (Å²) in [6.45, 7) is 0.545. The molecule has 0 bridgehead atoms.